The number of alkyl halides is 3. The molecule has 0 saturated carbocycles. The molecule has 0 bridgehead atoms. The lowest BCUT2D eigenvalue weighted by molar-refractivity contribution is -0.137. The maximum atomic E-state index is 12.9. The zero-order chi connectivity index (χ0) is 26.0. The summed E-state index contributed by atoms with van der Waals surface area (Å²) in [7, 11) is 1.89. The number of nitrogens with one attached hydrogen (secondary N) is 1. The molecule has 192 valence electrons. The lowest BCUT2D eigenvalue weighted by atomic mass is 10.2. The predicted octanol–water partition coefficient (Wildman–Crippen LogP) is 5.24. The highest BCUT2D eigenvalue weighted by atomic mass is 35.5. The molecule has 1 aliphatic rings. The van der Waals surface area contributed by atoms with Crippen LogP contribution < -0.4 is 20.0 Å². The van der Waals surface area contributed by atoms with Gasteiger partial charge in [-0.25, -0.2) is 4.98 Å². The summed E-state index contributed by atoms with van der Waals surface area (Å²) in [6.45, 7) is 8.07. The Hall–Kier alpha value is -3.34. The number of halogens is 4. The standard InChI is InChI=1S/C24H28ClF3N8/c1-15(2)34(4)22-31-21(30-18-9-7-17(8-10-18)24(26,27)28)32-23(33-22)36-13-12-35(14-16(36)3)20-19(25)6-5-11-29-20/h5-11,15-16H,12-14H2,1-4H3,(H,30,31,32,33). The number of aromatic nitrogens is 4. The Bertz CT molecular complexity index is 1190. The minimum atomic E-state index is -4.40. The van der Waals surface area contributed by atoms with Gasteiger partial charge < -0.3 is 20.0 Å². The third kappa shape index (κ3) is 5.72. The summed E-state index contributed by atoms with van der Waals surface area (Å²) in [4.78, 5) is 24.4. The number of hydrogen-bond acceptors (Lipinski definition) is 8. The van der Waals surface area contributed by atoms with Crippen molar-refractivity contribution in [1.29, 1.82) is 0 Å². The maximum Gasteiger partial charge on any atom is 0.416 e. The SMILES string of the molecule is CC(C)N(C)c1nc(Nc2ccc(C(F)(F)F)cc2)nc(N2CCN(c3ncccc3Cl)CC2C)n1. The number of benzene rings is 1. The molecule has 1 unspecified atom stereocenters. The van der Waals surface area contributed by atoms with E-state index in [4.69, 9.17) is 16.6 Å². The summed E-state index contributed by atoms with van der Waals surface area (Å²) in [5.41, 5.74) is -0.273. The highest BCUT2D eigenvalue weighted by Gasteiger charge is 2.30. The molecule has 2 aromatic heterocycles. The van der Waals surface area contributed by atoms with E-state index in [1.54, 1.807) is 12.3 Å². The van der Waals surface area contributed by atoms with Crippen molar-refractivity contribution >= 4 is 41.0 Å². The van der Waals surface area contributed by atoms with Crippen LogP contribution in [0.2, 0.25) is 5.02 Å². The molecule has 1 saturated heterocycles. The van der Waals surface area contributed by atoms with E-state index in [1.165, 1.54) is 12.1 Å². The van der Waals surface area contributed by atoms with E-state index in [0.29, 0.717) is 42.2 Å². The van der Waals surface area contributed by atoms with Gasteiger partial charge in [0, 0.05) is 50.6 Å². The topological polar surface area (TPSA) is 73.3 Å². The van der Waals surface area contributed by atoms with Crippen molar-refractivity contribution in [2.24, 2.45) is 0 Å². The minimum absolute atomic E-state index is 0.0374. The zero-order valence-corrected chi connectivity index (χ0v) is 21.2. The average molecular weight is 521 g/mol. The number of piperazine rings is 1. The van der Waals surface area contributed by atoms with Crippen LogP contribution in [-0.2, 0) is 6.18 Å². The molecule has 1 aliphatic heterocycles. The second kappa shape index (κ2) is 10.3. The molecule has 1 N–H and O–H groups in total. The fraction of sp³-hybridized carbons (Fsp3) is 0.417. The summed E-state index contributed by atoms with van der Waals surface area (Å²) in [6.07, 6.45) is -2.68. The Morgan fingerprint density at radius 1 is 1.08 bits per heavy atom. The molecule has 12 heteroatoms. The van der Waals surface area contributed by atoms with E-state index in [2.05, 4.69) is 37.0 Å². The van der Waals surface area contributed by atoms with E-state index in [0.717, 1.165) is 18.0 Å². The molecule has 0 amide bonds. The lowest BCUT2D eigenvalue weighted by Gasteiger charge is -2.40. The molecule has 0 spiro atoms. The van der Waals surface area contributed by atoms with Crippen molar-refractivity contribution in [3.8, 4) is 0 Å². The van der Waals surface area contributed by atoms with E-state index in [-0.39, 0.29) is 18.0 Å². The van der Waals surface area contributed by atoms with Crippen molar-refractivity contribution in [2.75, 3.05) is 46.7 Å². The summed E-state index contributed by atoms with van der Waals surface area (Å²) < 4.78 is 38.8. The number of hydrogen-bond donors (Lipinski definition) is 1. The third-order valence-electron chi connectivity index (χ3n) is 6.09. The Kier molecular flexibility index (Phi) is 7.39. The zero-order valence-electron chi connectivity index (χ0n) is 20.5. The molecule has 3 heterocycles. The fourth-order valence-corrected chi connectivity index (χ4v) is 4.10. The van der Waals surface area contributed by atoms with Gasteiger partial charge in [-0.1, -0.05) is 11.6 Å². The molecular formula is C24H28ClF3N8. The van der Waals surface area contributed by atoms with E-state index in [1.807, 2.05) is 31.9 Å². The van der Waals surface area contributed by atoms with Crippen molar-refractivity contribution in [1.82, 2.24) is 19.9 Å². The van der Waals surface area contributed by atoms with Gasteiger partial charge in [0.25, 0.3) is 0 Å². The maximum absolute atomic E-state index is 12.9. The van der Waals surface area contributed by atoms with Gasteiger partial charge in [-0.15, -0.1) is 0 Å². The van der Waals surface area contributed by atoms with Gasteiger partial charge in [-0.2, -0.15) is 28.1 Å². The van der Waals surface area contributed by atoms with E-state index >= 15 is 0 Å². The van der Waals surface area contributed by atoms with Crippen LogP contribution in [0, 0.1) is 0 Å². The molecule has 3 aromatic rings. The van der Waals surface area contributed by atoms with E-state index in [9.17, 15) is 13.2 Å². The first-order chi connectivity index (χ1) is 17.0. The van der Waals surface area contributed by atoms with Crippen LogP contribution in [0.25, 0.3) is 0 Å². The summed E-state index contributed by atoms with van der Waals surface area (Å²) in [6, 6.07) is 8.54. The number of pyridine rings is 1. The quantitative estimate of drug-likeness (QED) is 0.473. The van der Waals surface area contributed by atoms with Crippen molar-refractivity contribution in [3.05, 3.63) is 53.2 Å². The highest BCUT2D eigenvalue weighted by molar-refractivity contribution is 6.32. The van der Waals surface area contributed by atoms with Gasteiger partial charge >= 0.3 is 6.18 Å². The van der Waals surface area contributed by atoms with Gasteiger partial charge in [-0.05, 0) is 57.2 Å². The number of nitrogens with zero attached hydrogens (tertiary/aromatic N) is 7. The Labute approximate surface area is 213 Å². The predicted molar refractivity (Wildman–Crippen MR) is 136 cm³/mol. The van der Waals surface area contributed by atoms with Crippen molar-refractivity contribution in [2.45, 2.75) is 39.0 Å². The third-order valence-corrected chi connectivity index (χ3v) is 6.39. The van der Waals surface area contributed by atoms with E-state index < -0.39 is 11.7 Å². The van der Waals surface area contributed by atoms with Gasteiger partial charge in [0.2, 0.25) is 17.8 Å². The minimum Gasteiger partial charge on any atom is -0.352 e. The monoisotopic (exact) mass is 520 g/mol. The van der Waals surface area contributed by atoms with Crippen LogP contribution >= 0.6 is 11.6 Å². The molecular weight excluding hydrogens is 493 g/mol. The highest BCUT2D eigenvalue weighted by Crippen LogP contribution is 2.31. The van der Waals surface area contributed by atoms with Gasteiger partial charge in [0.15, 0.2) is 0 Å². The Morgan fingerprint density at radius 2 is 1.81 bits per heavy atom. The first-order valence-corrected chi connectivity index (χ1v) is 12.0. The first kappa shape index (κ1) is 25.7. The first-order valence-electron chi connectivity index (χ1n) is 11.6. The molecule has 36 heavy (non-hydrogen) atoms. The summed E-state index contributed by atoms with van der Waals surface area (Å²) in [5.74, 6) is 1.95. The second-order valence-electron chi connectivity index (χ2n) is 8.96. The molecule has 1 atom stereocenters. The smallest absolute Gasteiger partial charge is 0.352 e. The molecule has 0 aliphatic carbocycles. The normalized spacial score (nSPS) is 16.4. The largest absolute Gasteiger partial charge is 0.416 e. The molecule has 1 fully saturated rings. The number of anilines is 5. The van der Waals surface area contributed by atoms with Crippen LogP contribution in [0.4, 0.5) is 42.5 Å². The summed E-state index contributed by atoms with van der Waals surface area (Å²) >= 11 is 6.35. The van der Waals surface area contributed by atoms with Crippen LogP contribution in [-0.4, -0.2) is 58.7 Å². The van der Waals surface area contributed by atoms with Crippen LogP contribution in [0.3, 0.4) is 0 Å². The second-order valence-corrected chi connectivity index (χ2v) is 9.37. The van der Waals surface area contributed by atoms with Crippen LogP contribution in [0.5, 0.6) is 0 Å². The van der Waals surface area contributed by atoms with Crippen LogP contribution in [0.1, 0.15) is 26.3 Å². The molecule has 0 radical (unpaired) electrons. The van der Waals surface area contributed by atoms with Crippen LogP contribution in [0.15, 0.2) is 42.6 Å². The fourth-order valence-electron chi connectivity index (χ4n) is 3.86. The number of rotatable bonds is 6. The van der Waals surface area contributed by atoms with Crippen molar-refractivity contribution in [3.63, 3.8) is 0 Å². The Balaban J connectivity index is 1.60. The van der Waals surface area contributed by atoms with Gasteiger partial charge in [0.1, 0.15) is 5.82 Å². The lowest BCUT2D eigenvalue weighted by Crippen LogP contribution is -2.53. The Morgan fingerprint density at radius 3 is 2.42 bits per heavy atom. The van der Waals surface area contributed by atoms with Gasteiger partial charge in [-0.3, -0.25) is 0 Å². The molecule has 1 aromatic carbocycles. The summed E-state index contributed by atoms with van der Waals surface area (Å²) in [5, 5.41) is 3.63. The van der Waals surface area contributed by atoms with Crippen molar-refractivity contribution < 1.29 is 13.2 Å². The molecule has 4 rings (SSSR count). The average Bonchev–Trinajstić information content (AvgIpc) is 2.83. The molecule has 8 nitrogen and oxygen atoms in total. The van der Waals surface area contributed by atoms with Gasteiger partial charge in [0.05, 0.1) is 10.6 Å².